The van der Waals surface area contributed by atoms with Gasteiger partial charge in [-0.2, -0.15) is 0 Å². The summed E-state index contributed by atoms with van der Waals surface area (Å²) in [6.07, 6.45) is 3.17. The lowest BCUT2D eigenvalue weighted by atomic mass is 9.43. The molecule has 5 heteroatoms. The molecule has 2 atom stereocenters. The average Bonchev–Trinajstić information content (AvgIpc) is 2.24. The van der Waals surface area contributed by atoms with Crippen LogP contribution in [0.25, 0.3) is 0 Å². The fourth-order valence-electron chi connectivity index (χ4n) is 4.65. The molecule has 4 saturated carbocycles. The second-order valence-electron chi connectivity index (χ2n) is 6.17. The van der Waals surface area contributed by atoms with Gasteiger partial charge in [-0.3, -0.25) is 9.59 Å². The minimum absolute atomic E-state index is 0.164. The van der Waals surface area contributed by atoms with Gasteiger partial charge in [0, 0.05) is 0 Å². The Kier molecular flexibility index (Phi) is 1.95. The van der Waals surface area contributed by atoms with Gasteiger partial charge in [-0.25, -0.2) is 0 Å². The van der Waals surface area contributed by atoms with E-state index in [9.17, 15) is 19.8 Å². The molecule has 17 heavy (non-hydrogen) atoms. The SMILES string of the molecule is NC1(C(=O)O)C2CC3CC1CC(C(=O)O)(C3)C2. The van der Waals surface area contributed by atoms with Gasteiger partial charge in [0.2, 0.25) is 0 Å². The van der Waals surface area contributed by atoms with Crippen molar-refractivity contribution in [3.63, 3.8) is 0 Å². The van der Waals surface area contributed by atoms with Gasteiger partial charge in [-0.15, -0.1) is 0 Å². The minimum Gasteiger partial charge on any atom is -0.481 e. The number of carbonyl (C=O) groups is 2. The summed E-state index contributed by atoms with van der Waals surface area (Å²) in [7, 11) is 0. The molecule has 0 aliphatic heterocycles. The molecule has 0 aromatic rings. The molecule has 4 fully saturated rings. The number of carboxylic acids is 2. The van der Waals surface area contributed by atoms with Crippen LogP contribution in [0.5, 0.6) is 0 Å². The Morgan fingerprint density at radius 3 is 1.94 bits per heavy atom. The summed E-state index contributed by atoms with van der Waals surface area (Å²) in [5, 5.41) is 18.8. The van der Waals surface area contributed by atoms with Crippen LogP contribution in [0.1, 0.15) is 32.1 Å². The van der Waals surface area contributed by atoms with Gasteiger partial charge < -0.3 is 15.9 Å². The van der Waals surface area contributed by atoms with E-state index in [0.29, 0.717) is 25.2 Å². The van der Waals surface area contributed by atoms with Crippen LogP contribution in [0, 0.1) is 23.2 Å². The van der Waals surface area contributed by atoms with Gasteiger partial charge in [-0.1, -0.05) is 0 Å². The minimum atomic E-state index is -1.18. The van der Waals surface area contributed by atoms with Crippen molar-refractivity contribution in [1.29, 1.82) is 0 Å². The van der Waals surface area contributed by atoms with E-state index >= 15 is 0 Å². The van der Waals surface area contributed by atoms with Crippen molar-refractivity contribution in [1.82, 2.24) is 0 Å². The molecule has 0 radical (unpaired) electrons. The maximum atomic E-state index is 11.4. The van der Waals surface area contributed by atoms with Gasteiger partial charge in [-0.05, 0) is 49.9 Å². The van der Waals surface area contributed by atoms with E-state index < -0.39 is 22.9 Å². The third-order valence-electron chi connectivity index (χ3n) is 5.36. The highest BCUT2D eigenvalue weighted by molar-refractivity contribution is 5.82. The smallest absolute Gasteiger partial charge is 0.324 e. The Bertz CT molecular complexity index is 389. The van der Waals surface area contributed by atoms with Crippen molar-refractivity contribution in [3.05, 3.63) is 0 Å². The van der Waals surface area contributed by atoms with E-state index in [1.165, 1.54) is 0 Å². The number of aliphatic carboxylic acids is 2. The Hall–Kier alpha value is -1.10. The van der Waals surface area contributed by atoms with Crippen LogP contribution in [0.2, 0.25) is 0 Å². The highest BCUT2D eigenvalue weighted by atomic mass is 16.4. The fraction of sp³-hybridized carbons (Fsp3) is 0.833. The summed E-state index contributed by atoms with van der Waals surface area (Å²) in [5.74, 6) is -1.68. The second-order valence-corrected chi connectivity index (χ2v) is 6.17. The topological polar surface area (TPSA) is 101 Å². The molecule has 4 bridgehead atoms. The lowest BCUT2D eigenvalue weighted by Gasteiger charge is -2.61. The molecule has 0 heterocycles. The number of hydrogen-bond acceptors (Lipinski definition) is 3. The molecule has 94 valence electrons. The van der Waals surface area contributed by atoms with Crippen LogP contribution in [-0.4, -0.2) is 27.7 Å². The molecule has 5 nitrogen and oxygen atoms in total. The van der Waals surface area contributed by atoms with Crippen LogP contribution in [0.4, 0.5) is 0 Å². The zero-order valence-corrected chi connectivity index (χ0v) is 9.56. The average molecular weight is 239 g/mol. The maximum absolute atomic E-state index is 11.4. The molecule has 0 aromatic heterocycles. The third kappa shape index (κ3) is 1.18. The van der Waals surface area contributed by atoms with E-state index in [4.69, 9.17) is 5.73 Å². The Morgan fingerprint density at radius 2 is 1.53 bits per heavy atom. The lowest BCUT2D eigenvalue weighted by Crippen LogP contribution is -2.70. The highest BCUT2D eigenvalue weighted by Crippen LogP contribution is 2.62. The first kappa shape index (κ1) is 11.0. The first-order chi connectivity index (χ1) is 7.88. The van der Waals surface area contributed by atoms with Crippen LogP contribution in [0.3, 0.4) is 0 Å². The molecule has 2 unspecified atom stereocenters. The molecular weight excluding hydrogens is 222 g/mol. The van der Waals surface area contributed by atoms with Crippen molar-refractivity contribution in [2.75, 3.05) is 0 Å². The normalized spacial score (nSPS) is 51.5. The van der Waals surface area contributed by atoms with E-state index in [1.807, 2.05) is 0 Å². The van der Waals surface area contributed by atoms with Crippen molar-refractivity contribution in [2.24, 2.45) is 28.9 Å². The van der Waals surface area contributed by atoms with Crippen molar-refractivity contribution in [2.45, 2.75) is 37.6 Å². The monoisotopic (exact) mass is 239 g/mol. The molecule has 0 amide bonds. The van der Waals surface area contributed by atoms with Gasteiger partial charge in [0.05, 0.1) is 5.41 Å². The summed E-state index contributed by atoms with van der Waals surface area (Å²) < 4.78 is 0. The first-order valence-corrected chi connectivity index (χ1v) is 6.14. The van der Waals surface area contributed by atoms with Crippen LogP contribution in [0.15, 0.2) is 0 Å². The highest BCUT2D eigenvalue weighted by Gasteiger charge is 2.66. The lowest BCUT2D eigenvalue weighted by molar-refractivity contribution is -0.183. The van der Waals surface area contributed by atoms with Crippen molar-refractivity contribution < 1.29 is 19.8 Å². The van der Waals surface area contributed by atoms with Gasteiger partial charge in [0.25, 0.3) is 0 Å². The molecule has 0 spiro atoms. The summed E-state index contributed by atoms with van der Waals surface area (Å²) in [6, 6.07) is 0. The predicted octanol–water partition coefficient (Wildman–Crippen LogP) is 0.679. The third-order valence-corrected chi connectivity index (χ3v) is 5.36. The summed E-state index contributed by atoms with van der Waals surface area (Å²) in [6.45, 7) is 0. The number of nitrogens with two attached hydrogens (primary N) is 1. The molecule has 4 rings (SSSR count). The zero-order valence-electron chi connectivity index (χ0n) is 9.56. The van der Waals surface area contributed by atoms with Gasteiger partial charge in [0.15, 0.2) is 0 Å². The Balaban J connectivity index is 2.02. The fourth-order valence-corrected chi connectivity index (χ4v) is 4.65. The maximum Gasteiger partial charge on any atom is 0.324 e. The largest absolute Gasteiger partial charge is 0.481 e. The Labute approximate surface area is 99.0 Å². The van der Waals surface area contributed by atoms with E-state index in [-0.39, 0.29) is 11.8 Å². The first-order valence-electron chi connectivity index (χ1n) is 6.14. The van der Waals surface area contributed by atoms with Crippen LogP contribution < -0.4 is 5.73 Å². The molecule has 0 saturated heterocycles. The Morgan fingerprint density at radius 1 is 1.00 bits per heavy atom. The zero-order chi connectivity index (χ0) is 12.4. The number of hydrogen-bond donors (Lipinski definition) is 3. The van der Waals surface area contributed by atoms with E-state index in [1.54, 1.807) is 0 Å². The molecule has 4 aliphatic rings. The summed E-state index contributed by atoms with van der Waals surface area (Å²) >= 11 is 0. The van der Waals surface area contributed by atoms with Crippen molar-refractivity contribution >= 4 is 11.9 Å². The van der Waals surface area contributed by atoms with Crippen molar-refractivity contribution in [3.8, 4) is 0 Å². The van der Waals surface area contributed by atoms with E-state index in [0.717, 1.165) is 12.8 Å². The van der Waals surface area contributed by atoms with Gasteiger partial charge in [0.1, 0.15) is 5.54 Å². The summed E-state index contributed by atoms with van der Waals surface area (Å²) in [5.41, 5.74) is 4.23. The van der Waals surface area contributed by atoms with E-state index in [2.05, 4.69) is 0 Å². The summed E-state index contributed by atoms with van der Waals surface area (Å²) in [4.78, 5) is 22.9. The van der Waals surface area contributed by atoms with Crippen LogP contribution >= 0.6 is 0 Å². The molecule has 0 aromatic carbocycles. The number of carboxylic acid groups (broad SMARTS) is 2. The second kappa shape index (κ2) is 3.02. The molecule has 4 N–H and O–H groups in total. The molecule has 4 aliphatic carbocycles. The van der Waals surface area contributed by atoms with Crippen LogP contribution in [-0.2, 0) is 9.59 Å². The number of rotatable bonds is 2. The molecular formula is C12H17NO4. The predicted molar refractivity (Wildman–Crippen MR) is 58.2 cm³/mol. The van der Waals surface area contributed by atoms with Gasteiger partial charge >= 0.3 is 11.9 Å². The quantitative estimate of drug-likeness (QED) is 0.657. The standard InChI is InChI=1S/C12H17NO4/c13-12(10(16)17)7-1-6-2-8(12)5-11(3-6,4-7)9(14)15/h6-8H,1-5,13H2,(H,14,15)(H,16,17).